The molecule has 1 aromatic carbocycles. The van der Waals surface area contributed by atoms with Gasteiger partial charge in [-0.2, -0.15) is 5.10 Å². The first-order chi connectivity index (χ1) is 8.72. The van der Waals surface area contributed by atoms with Crippen molar-refractivity contribution in [2.45, 2.75) is 29.2 Å². The number of rotatable bonds is 5. The van der Waals surface area contributed by atoms with Crippen LogP contribution in [-0.2, 0) is 7.05 Å². The third-order valence-electron chi connectivity index (χ3n) is 2.96. The van der Waals surface area contributed by atoms with Gasteiger partial charge in [0.1, 0.15) is 0 Å². The van der Waals surface area contributed by atoms with E-state index in [2.05, 4.69) is 41.6 Å². The molecule has 3 nitrogen and oxygen atoms in total. The average molecular weight is 261 g/mol. The maximum absolute atomic E-state index is 4.17. The molecule has 0 saturated heterocycles. The third kappa shape index (κ3) is 3.15. The molecule has 2 rings (SSSR count). The van der Waals surface area contributed by atoms with Crippen molar-refractivity contribution >= 4 is 11.8 Å². The molecule has 1 unspecified atom stereocenters. The first-order valence-electron chi connectivity index (χ1n) is 6.16. The van der Waals surface area contributed by atoms with Crippen molar-refractivity contribution in [3.63, 3.8) is 0 Å². The van der Waals surface area contributed by atoms with Crippen LogP contribution in [0.2, 0.25) is 0 Å². The summed E-state index contributed by atoms with van der Waals surface area (Å²) in [6, 6.07) is 9.19. The van der Waals surface area contributed by atoms with Crippen LogP contribution >= 0.6 is 11.8 Å². The molecule has 96 valence electrons. The summed E-state index contributed by atoms with van der Waals surface area (Å²) in [5, 5.41) is 7.49. The number of hydrogen-bond donors (Lipinski definition) is 1. The maximum Gasteiger partial charge on any atom is 0.0629 e. The minimum absolute atomic E-state index is 0.447. The Kier molecular flexibility index (Phi) is 4.44. The Morgan fingerprint density at radius 2 is 2.00 bits per heavy atom. The van der Waals surface area contributed by atoms with Gasteiger partial charge in [0.2, 0.25) is 0 Å². The summed E-state index contributed by atoms with van der Waals surface area (Å²) < 4.78 is 1.82. The summed E-state index contributed by atoms with van der Waals surface area (Å²) in [5.41, 5.74) is 1.34. The van der Waals surface area contributed by atoms with Crippen LogP contribution in [0.15, 0.2) is 46.5 Å². The predicted molar refractivity (Wildman–Crippen MR) is 75.9 cm³/mol. The Bertz CT molecular complexity index is 486. The van der Waals surface area contributed by atoms with Crippen molar-refractivity contribution in [1.82, 2.24) is 15.1 Å². The van der Waals surface area contributed by atoms with Crippen LogP contribution in [0.4, 0.5) is 0 Å². The van der Waals surface area contributed by atoms with Crippen molar-refractivity contribution in [2.24, 2.45) is 7.05 Å². The molecule has 1 aromatic heterocycles. The topological polar surface area (TPSA) is 29.9 Å². The number of hydrogen-bond acceptors (Lipinski definition) is 3. The Balaban J connectivity index is 2.07. The van der Waals surface area contributed by atoms with E-state index in [1.165, 1.54) is 15.4 Å². The van der Waals surface area contributed by atoms with Crippen LogP contribution in [0.5, 0.6) is 0 Å². The van der Waals surface area contributed by atoms with Crippen molar-refractivity contribution in [3.8, 4) is 0 Å². The molecular formula is C14H19N3S. The Morgan fingerprint density at radius 3 is 2.50 bits per heavy atom. The largest absolute Gasteiger partial charge is 0.313 e. The van der Waals surface area contributed by atoms with Gasteiger partial charge in [-0.05, 0) is 31.2 Å². The van der Waals surface area contributed by atoms with Crippen molar-refractivity contribution in [1.29, 1.82) is 0 Å². The van der Waals surface area contributed by atoms with E-state index in [0.717, 1.165) is 6.42 Å². The third-order valence-corrected chi connectivity index (χ3v) is 3.91. The van der Waals surface area contributed by atoms with Gasteiger partial charge in [-0.1, -0.05) is 30.8 Å². The van der Waals surface area contributed by atoms with Gasteiger partial charge in [-0.25, -0.2) is 0 Å². The number of nitrogens with one attached hydrogen (secondary N) is 1. The molecule has 2 aromatic rings. The highest BCUT2D eigenvalue weighted by atomic mass is 32.2. The highest BCUT2D eigenvalue weighted by molar-refractivity contribution is 7.99. The molecule has 4 heteroatoms. The van der Waals surface area contributed by atoms with Crippen LogP contribution in [-0.4, -0.2) is 16.8 Å². The molecule has 0 bridgehead atoms. The molecule has 0 radical (unpaired) electrons. The summed E-state index contributed by atoms with van der Waals surface area (Å²) in [7, 11) is 3.94. The van der Waals surface area contributed by atoms with Crippen molar-refractivity contribution in [3.05, 3.63) is 42.2 Å². The molecule has 0 aliphatic rings. The number of nitrogens with zero attached hydrogens (tertiary/aromatic N) is 2. The van der Waals surface area contributed by atoms with Crippen molar-refractivity contribution < 1.29 is 0 Å². The van der Waals surface area contributed by atoms with E-state index >= 15 is 0 Å². The van der Waals surface area contributed by atoms with Crippen LogP contribution in [0.1, 0.15) is 24.9 Å². The molecule has 0 aliphatic heterocycles. The molecule has 1 atom stereocenters. The predicted octanol–water partition coefficient (Wildman–Crippen LogP) is 3.24. The van der Waals surface area contributed by atoms with Gasteiger partial charge in [0.25, 0.3) is 0 Å². The second-order valence-corrected chi connectivity index (χ2v) is 5.42. The summed E-state index contributed by atoms with van der Waals surface area (Å²) in [6.45, 7) is 2.19. The maximum atomic E-state index is 4.17. The molecule has 0 saturated carbocycles. The molecule has 18 heavy (non-hydrogen) atoms. The Hall–Kier alpha value is -1.26. The lowest BCUT2D eigenvalue weighted by Gasteiger charge is -2.14. The smallest absolute Gasteiger partial charge is 0.0629 e. The lowest BCUT2D eigenvalue weighted by Crippen LogP contribution is -2.14. The summed E-state index contributed by atoms with van der Waals surface area (Å²) in [6.07, 6.45) is 5.02. The highest BCUT2D eigenvalue weighted by Gasteiger charge is 2.06. The lowest BCUT2D eigenvalue weighted by molar-refractivity contribution is 0.576. The van der Waals surface area contributed by atoms with Crippen LogP contribution in [0.3, 0.4) is 0 Å². The monoisotopic (exact) mass is 261 g/mol. The number of aromatic nitrogens is 2. The number of aryl methyl sites for hydroxylation is 1. The zero-order valence-electron chi connectivity index (χ0n) is 11.1. The van der Waals surface area contributed by atoms with Crippen molar-refractivity contribution in [2.75, 3.05) is 7.05 Å². The van der Waals surface area contributed by atoms with Crippen LogP contribution < -0.4 is 5.32 Å². The minimum Gasteiger partial charge on any atom is -0.313 e. The standard InChI is InChI=1S/C14H19N3S/c1-4-14(15-2)11-5-7-12(8-6-11)18-13-9-16-17(3)10-13/h5-10,14-15H,4H2,1-3H3. The van der Waals surface area contributed by atoms with Crippen LogP contribution in [0.25, 0.3) is 0 Å². The average Bonchev–Trinajstić information content (AvgIpc) is 2.78. The molecule has 0 amide bonds. The van der Waals surface area contributed by atoms with E-state index in [4.69, 9.17) is 0 Å². The highest BCUT2D eigenvalue weighted by Crippen LogP contribution is 2.28. The molecular weight excluding hydrogens is 242 g/mol. The van der Waals surface area contributed by atoms with Crippen LogP contribution in [0, 0.1) is 0 Å². The first-order valence-corrected chi connectivity index (χ1v) is 6.98. The molecule has 0 aliphatic carbocycles. The van der Waals surface area contributed by atoms with Gasteiger partial charge in [-0.3, -0.25) is 4.68 Å². The van der Waals surface area contributed by atoms with Gasteiger partial charge in [-0.15, -0.1) is 0 Å². The van der Waals surface area contributed by atoms with E-state index in [9.17, 15) is 0 Å². The quantitative estimate of drug-likeness (QED) is 0.896. The first kappa shape index (κ1) is 13.2. The van der Waals surface area contributed by atoms with E-state index in [1.54, 1.807) is 11.8 Å². The van der Waals surface area contributed by atoms with E-state index in [0.29, 0.717) is 6.04 Å². The van der Waals surface area contributed by atoms with E-state index in [1.807, 2.05) is 31.2 Å². The van der Waals surface area contributed by atoms with E-state index in [-0.39, 0.29) is 0 Å². The fourth-order valence-electron chi connectivity index (χ4n) is 1.96. The van der Waals surface area contributed by atoms with Gasteiger partial charge in [0.05, 0.1) is 11.1 Å². The van der Waals surface area contributed by atoms with E-state index < -0.39 is 0 Å². The molecule has 1 N–H and O–H groups in total. The second kappa shape index (κ2) is 6.07. The normalized spacial score (nSPS) is 12.6. The fourth-order valence-corrected chi connectivity index (χ4v) is 2.81. The second-order valence-electron chi connectivity index (χ2n) is 4.27. The minimum atomic E-state index is 0.447. The summed E-state index contributed by atoms with van der Waals surface area (Å²) in [5.74, 6) is 0. The molecule has 0 fully saturated rings. The fraction of sp³-hybridized carbons (Fsp3) is 0.357. The summed E-state index contributed by atoms with van der Waals surface area (Å²) >= 11 is 1.74. The lowest BCUT2D eigenvalue weighted by atomic mass is 10.1. The van der Waals surface area contributed by atoms with Gasteiger partial charge in [0.15, 0.2) is 0 Å². The summed E-state index contributed by atoms with van der Waals surface area (Å²) in [4.78, 5) is 2.42. The molecule has 0 spiro atoms. The van der Waals surface area contributed by atoms with Gasteiger partial charge >= 0.3 is 0 Å². The number of benzene rings is 1. The zero-order chi connectivity index (χ0) is 13.0. The zero-order valence-corrected chi connectivity index (χ0v) is 11.9. The van der Waals surface area contributed by atoms with Gasteiger partial charge in [0, 0.05) is 24.2 Å². The van der Waals surface area contributed by atoms with Gasteiger partial charge < -0.3 is 5.32 Å². The Morgan fingerprint density at radius 1 is 1.28 bits per heavy atom. The Labute approximate surface area is 113 Å². The molecule has 1 heterocycles. The SMILES string of the molecule is CCC(NC)c1ccc(Sc2cnn(C)c2)cc1.